The van der Waals surface area contributed by atoms with Gasteiger partial charge in [-0.3, -0.25) is 4.79 Å². The Labute approximate surface area is 102 Å². The number of rotatable bonds is 5. The van der Waals surface area contributed by atoms with Crippen molar-refractivity contribution in [3.8, 4) is 0 Å². The lowest BCUT2D eigenvalue weighted by Crippen LogP contribution is -2.48. The monoisotopic (exact) mass is 246 g/mol. The molecule has 0 aromatic carbocycles. The Balaban J connectivity index is 2.32. The minimum atomic E-state index is -0.327. The Morgan fingerprint density at radius 1 is 1.56 bits per heavy atom. The van der Waals surface area contributed by atoms with E-state index in [1.807, 2.05) is 11.2 Å². The molecule has 16 heavy (non-hydrogen) atoms. The van der Waals surface area contributed by atoms with Crippen molar-refractivity contribution in [3.05, 3.63) is 0 Å². The molecule has 0 bridgehead atoms. The van der Waals surface area contributed by atoms with Crippen LogP contribution in [0.5, 0.6) is 0 Å². The number of thioether (sulfide) groups is 1. The molecule has 0 saturated carbocycles. The summed E-state index contributed by atoms with van der Waals surface area (Å²) in [6, 6.07) is -0.327. The van der Waals surface area contributed by atoms with Gasteiger partial charge < -0.3 is 15.4 Å². The molecule has 2 N–H and O–H groups in total. The van der Waals surface area contributed by atoms with Crippen LogP contribution in [0, 0.1) is 0 Å². The van der Waals surface area contributed by atoms with Crippen molar-refractivity contribution in [3.63, 3.8) is 0 Å². The van der Waals surface area contributed by atoms with Crippen LogP contribution in [0.15, 0.2) is 0 Å². The number of hydrogen-bond donors (Lipinski definition) is 1. The first-order valence-electron chi connectivity index (χ1n) is 5.75. The first kappa shape index (κ1) is 13.8. The third-order valence-electron chi connectivity index (χ3n) is 3.04. The second-order valence-electron chi connectivity index (χ2n) is 4.15. The van der Waals surface area contributed by atoms with E-state index in [0.717, 1.165) is 38.1 Å². The average Bonchev–Trinajstić information content (AvgIpc) is 2.35. The number of likely N-dealkylation sites (tertiary alicyclic amines) is 1. The highest BCUT2D eigenvalue weighted by molar-refractivity contribution is 7.98. The van der Waals surface area contributed by atoms with Gasteiger partial charge in [-0.25, -0.2) is 0 Å². The van der Waals surface area contributed by atoms with Gasteiger partial charge in [0.1, 0.15) is 0 Å². The smallest absolute Gasteiger partial charge is 0.239 e. The summed E-state index contributed by atoms with van der Waals surface area (Å²) in [5, 5.41) is 0. The molecule has 5 heteroatoms. The van der Waals surface area contributed by atoms with Crippen molar-refractivity contribution in [2.24, 2.45) is 5.73 Å². The molecule has 1 fully saturated rings. The van der Waals surface area contributed by atoms with Crippen molar-refractivity contribution in [1.82, 2.24) is 4.90 Å². The number of amides is 1. The summed E-state index contributed by atoms with van der Waals surface area (Å²) < 4.78 is 5.27. The van der Waals surface area contributed by atoms with E-state index in [2.05, 4.69) is 0 Å². The first-order chi connectivity index (χ1) is 7.69. The Bertz CT molecular complexity index is 218. The van der Waals surface area contributed by atoms with E-state index < -0.39 is 0 Å². The topological polar surface area (TPSA) is 55.6 Å². The predicted octanol–water partition coefficient (Wildman–Crippen LogP) is 0.704. The Kier molecular flexibility index (Phi) is 6.16. The molecule has 1 aliphatic rings. The summed E-state index contributed by atoms with van der Waals surface area (Å²) >= 11 is 1.73. The summed E-state index contributed by atoms with van der Waals surface area (Å²) in [4.78, 5) is 13.8. The highest BCUT2D eigenvalue weighted by Gasteiger charge is 2.25. The molecule has 0 aromatic heterocycles. The molecular formula is C11H22N2O2S. The molecule has 1 saturated heterocycles. The molecule has 4 nitrogen and oxygen atoms in total. The molecular weight excluding hydrogens is 224 g/mol. The molecule has 0 spiro atoms. The molecule has 1 amide bonds. The van der Waals surface area contributed by atoms with Crippen LogP contribution < -0.4 is 5.73 Å². The van der Waals surface area contributed by atoms with Gasteiger partial charge in [0.2, 0.25) is 5.91 Å². The van der Waals surface area contributed by atoms with Crippen molar-refractivity contribution in [2.75, 3.05) is 32.2 Å². The Morgan fingerprint density at radius 3 is 2.69 bits per heavy atom. The van der Waals surface area contributed by atoms with Crippen LogP contribution >= 0.6 is 11.8 Å². The number of nitrogens with zero attached hydrogens (tertiary/aromatic N) is 1. The second-order valence-corrected chi connectivity index (χ2v) is 5.13. The highest BCUT2D eigenvalue weighted by Crippen LogP contribution is 2.14. The third kappa shape index (κ3) is 3.96. The fourth-order valence-corrected chi connectivity index (χ4v) is 2.40. The fourth-order valence-electron chi connectivity index (χ4n) is 1.91. The fraction of sp³-hybridized carbons (Fsp3) is 0.909. The zero-order valence-corrected chi connectivity index (χ0v) is 11.0. The van der Waals surface area contributed by atoms with Gasteiger partial charge in [-0.2, -0.15) is 11.8 Å². The molecule has 0 radical (unpaired) electrons. The van der Waals surface area contributed by atoms with Crippen LogP contribution in [0.4, 0.5) is 0 Å². The predicted molar refractivity (Wildman–Crippen MR) is 67.6 cm³/mol. The van der Waals surface area contributed by atoms with Crippen LogP contribution in [0.2, 0.25) is 0 Å². The Hall–Kier alpha value is -0.260. The van der Waals surface area contributed by atoms with Gasteiger partial charge in [0.15, 0.2) is 0 Å². The molecule has 1 heterocycles. The summed E-state index contributed by atoms with van der Waals surface area (Å²) in [7, 11) is 1.73. The van der Waals surface area contributed by atoms with Gasteiger partial charge in [0.05, 0.1) is 12.1 Å². The summed E-state index contributed by atoms with van der Waals surface area (Å²) in [5.74, 6) is 1.05. The minimum Gasteiger partial charge on any atom is -0.381 e. The largest absolute Gasteiger partial charge is 0.381 e. The van der Waals surface area contributed by atoms with E-state index in [0.29, 0.717) is 6.10 Å². The maximum absolute atomic E-state index is 11.9. The van der Waals surface area contributed by atoms with Gasteiger partial charge in [0, 0.05) is 20.2 Å². The molecule has 94 valence electrons. The van der Waals surface area contributed by atoms with Crippen LogP contribution in [0.1, 0.15) is 19.3 Å². The molecule has 0 aliphatic carbocycles. The standard InChI is InChI=1S/C11H22N2O2S/c1-15-9-3-6-13(7-4-9)11(14)10(12)5-8-16-2/h9-10H,3-8,12H2,1-2H3/t10-/m0/s1. The van der Waals surface area contributed by atoms with E-state index in [1.165, 1.54) is 0 Å². The number of piperidine rings is 1. The molecule has 1 aliphatic heterocycles. The van der Waals surface area contributed by atoms with Crippen molar-refractivity contribution >= 4 is 17.7 Å². The summed E-state index contributed by atoms with van der Waals surface area (Å²) in [6.07, 6.45) is 4.96. The lowest BCUT2D eigenvalue weighted by Gasteiger charge is -2.32. The zero-order valence-electron chi connectivity index (χ0n) is 10.1. The maximum Gasteiger partial charge on any atom is 0.239 e. The van der Waals surface area contributed by atoms with Gasteiger partial charge in [-0.05, 0) is 31.3 Å². The van der Waals surface area contributed by atoms with Gasteiger partial charge in [0.25, 0.3) is 0 Å². The van der Waals surface area contributed by atoms with E-state index in [1.54, 1.807) is 18.9 Å². The van der Waals surface area contributed by atoms with Crippen LogP contribution in [0.3, 0.4) is 0 Å². The molecule has 1 rings (SSSR count). The maximum atomic E-state index is 11.9. The van der Waals surface area contributed by atoms with Crippen LogP contribution in [-0.4, -0.2) is 55.2 Å². The first-order valence-corrected chi connectivity index (χ1v) is 7.14. The number of carbonyl (C=O) groups is 1. The molecule has 0 unspecified atom stereocenters. The lowest BCUT2D eigenvalue weighted by atomic mass is 10.1. The number of methoxy groups -OCH3 is 1. The van der Waals surface area contributed by atoms with Crippen molar-refractivity contribution in [2.45, 2.75) is 31.4 Å². The third-order valence-corrected chi connectivity index (χ3v) is 3.68. The Morgan fingerprint density at radius 2 is 2.19 bits per heavy atom. The van der Waals surface area contributed by atoms with Crippen LogP contribution in [0.25, 0.3) is 0 Å². The average molecular weight is 246 g/mol. The van der Waals surface area contributed by atoms with Gasteiger partial charge in [-0.1, -0.05) is 0 Å². The van der Waals surface area contributed by atoms with E-state index in [-0.39, 0.29) is 11.9 Å². The minimum absolute atomic E-state index is 0.101. The van der Waals surface area contributed by atoms with E-state index in [4.69, 9.17) is 10.5 Å². The quantitative estimate of drug-likeness (QED) is 0.776. The van der Waals surface area contributed by atoms with Gasteiger partial charge in [-0.15, -0.1) is 0 Å². The molecule has 1 atom stereocenters. The summed E-state index contributed by atoms with van der Waals surface area (Å²) in [5.41, 5.74) is 5.87. The number of ether oxygens (including phenoxy) is 1. The van der Waals surface area contributed by atoms with Crippen molar-refractivity contribution < 1.29 is 9.53 Å². The van der Waals surface area contributed by atoms with Crippen molar-refractivity contribution in [1.29, 1.82) is 0 Å². The molecule has 0 aromatic rings. The van der Waals surface area contributed by atoms with Crippen LogP contribution in [-0.2, 0) is 9.53 Å². The second kappa shape index (κ2) is 7.14. The number of carbonyl (C=O) groups excluding carboxylic acids is 1. The van der Waals surface area contributed by atoms with E-state index >= 15 is 0 Å². The summed E-state index contributed by atoms with van der Waals surface area (Å²) in [6.45, 7) is 1.56. The van der Waals surface area contributed by atoms with E-state index in [9.17, 15) is 4.79 Å². The lowest BCUT2D eigenvalue weighted by molar-refractivity contribution is -0.134. The number of hydrogen-bond acceptors (Lipinski definition) is 4. The SMILES string of the molecule is COC1CCN(C(=O)[C@@H](N)CCSC)CC1. The van der Waals surface area contributed by atoms with Gasteiger partial charge >= 0.3 is 0 Å². The normalized spacial score (nSPS) is 19.8. The zero-order chi connectivity index (χ0) is 12.0. The highest BCUT2D eigenvalue weighted by atomic mass is 32.2. The number of nitrogens with two attached hydrogens (primary N) is 1.